The lowest BCUT2D eigenvalue weighted by molar-refractivity contribution is -0.276. The molecule has 0 aliphatic carbocycles. The van der Waals surface area contributed by atoms with Crippen LogP contribution in [0.5, 0.6) is 11.6 Å². The first-order chi connectivity index (χ1) is 7.50. The number of rotatable bonds is 2. The number of aromatic hydroxyl groups is 1. The Bertz CT molecular complexity index is 547. The van der Waals surface area contributed by atoms with Gasteiger partial charge < -0.3 is 9.84 Å². The molecule has 96 valence electrons. The van der Waals surface area contributed by atoms with E-state index in [9.17, 15) is 21.6 Å². The van der Waals surface area contributed by atoms with Crippen LogP contribution in [0.15, 0.2) is 11.0 Å². The second-order valence-corrected chi connectivity index (χ2v) is 6.14. The molecular formula is C6H2ClF3INO4S. The van der Waals surface area contributed by atoms with Crippen LogP contribution >= 0.6 is 33.3 Å². The lowest BCUT2D eigenvalue weighted by Crippen LogP contribution is -2.18. The van der Waals surface area contributed by atoms with Gasteiger partial charge >= 0.3 is 6.36 Å². The summed E-state index contributed by atoms with van der Waals surface area (Å²) >= 11 is 1.35. The molecule has 1 aromatic rings. The molecule has 1 aromatic heterocycles. The Balaban J connectivity index is 3.29. The number of ether oxygens (including phenoxy) is 1. The molecule has 1 heterocycles. The molecule has 0 aromatic carbocycles. The van der Waals surface area contributed by atoms with Crippen molar-refractivity contribution in [2.45, 2.75) is 11.3 Å². The zero-order valence-corrected chi connectivity index (χ0v) is 11.2. The number of hydrogen-bond acceptors (Lipinski definition) is 5. The predicted octanol–water partition coefficient (Wildman–Crippen LogP) is 2.22. The Labute approximate surface area is 111 Å². The second kappa shape index (κ2) is 4.65. The number of aromatic nitrogens is 1. The van der Waals surface area contributed by atoms with E-state index < -0.39 is 31.9 Å². The van der Waals surface area contributed by atoms with Gasteiger partial charge in [0.05, 0.1) is 0 Å². The average molecular weight is 404 g/mol. The first kappa shape index (κ1) is 14.6. The van der Waals surface area contributed by atoms with Crippen molar-refractivity contribution < 1.29 is 31.4 Å². The van der Waals surface area contributed by atoms with Crippen LogP contribution in [0.3, 0.4) is 0 Å². The first-order valence-electron chi connectivity index (χ1n) is 3.60. The van der Waals surface area contributed by atoms with Crippen molar-refractivity contribution in [1.82, 2.24) is 4.98 Å². The van der Waals surface area contributed by atoms with E-state index in [1.165, 1.54) is 22.6 Å². The summed E-state index contributed by atoms with van der Waals surface area (Å²) < 4.78 is 60.5. The van der Waals surface area contributed by atoms with E-state index in [0.29, 0.717) is 6.07 Å². The highest BCUT2D eigenvalue weighted by molar-refractivity contribution is 14.1. The molecule has 0 fully saturated rings. The van der Waals surface area contributed by atoms with Crippen molar-refractivity contribution in [2.24, 2.45) is 0 Å². The van der Waals surface area contributed by atoms with Gasteiger partial charge in [0.15, 0.2) is 5.75 Å². The SMILES string of the molecule is O=S(=O)(Cl)c1cc(O)c(OC(F)(F)F)nc1I. The summed E-state index contributed by atoms with van der Waals surface area (Å²) in [4.78, 5) is 2.55. The highest BCUT2D eigenvalue weighted by atomic mass is 127. The smallest absolute Gasteiger partial charge is 0.503 e. The molecule has 0 saturated carbocycles. The van der Waals surface area contributed by atoms with E-state index in [1.807, 2.05) is 0 Å². The van der Waals surface area contributed by atoms with Crippen LogP contribution in [0.1, 0.15) is 0 Å². The van der Waals surface area contributed by atoms with Crippen molar-refractivity contribution in [1.29, 1.82) is 0 Å². The Morgan fingerprint density at radius 1 is 1.47 bits per heavy atom. The fourth-order valence-electron chi connectivity index (χ4n) is 0.803. The maximum absolute atomic E-state index is 11.9. The molecule has 0 amide bonds. The second-order valence-electron chi connectivity index (χ2n) is 2.59. The van der Waals surface area contributed by atoms with Crippen molar-refractivity contribution in [3.05, 3.63) is 9.77 Å². The van der Waals surface area contributed by atoms with Crippen LogP contribution in [0, 0.1) is 3.70 Å². The average Bonchev–Trinajstić information content (AvgIpc) is 2.06. The summed E-state index contributed by atoms with van der Waals surface area (Å²) in [6.07, 6.45) is -5.05. The third-order valence-corrected chi connectivity index (χ3v) is 3.89. The molecule has 0 radical (unpaired) electrons. The van der Waals surface area contributed by atoms with Crippen molar-refractivity contribution in [3.8, 4) is 11.6 Å². The molecule has 0 aliphatic rings. The summed E-state index contributed by atoms with van der Waals surface area (Å²) in [5, 5.41) is 9.13. The Morgan fingerprint density at radius 3 is 2.41 bits per heavy atom. The molecule has 1 rings (SSSR count). The quantitative estimate of drug-likeness (QED) is 0.466. The molecule has 0 atom stereocenters. The van der Waals surface area contributed by atoms with Gasteiger partial charge in [-0.15, -0.1) is 13.2 Å². The monoisotopic (exact) mass is 403 g/mol. The van der Waals surface area contributed by atoms with Gasteiger partial charge in [0, 0.05) is 16.7 Å². The van der Waals surface area contributed by atoms with E-state index in [2.05, 4.69) is 9.72 Å². The molecule has 5 nitrogen and oxygen atoms in total. The largest absolute Gasteiger partial charge is 0.574 e. The fourth-order valence-corrected chi connectivity index (χ4v) is 3.29. The summed E-state index contributed by atoms with van der Waals surface area (Å²) in [6, 6.07) is 0.526. The summed E-state index contributed by atoms with van der Waals surface area (Å²) in [7, 11) is 0.763. The minimum Gasteiger partial charge on any atom is -0.503 e. The maximum atomic E-state index is 11.9. The van der Waals surface area contributed by atoms with Gasteiger partial charge in [-0.05, 0) is 22.6 Å². The van der Waals surface area contributed by atoms with Gasteiger partial charge in [0.1, 0.15) is 8.60 Å². The van der Waals surface area contributed by atoms with E-state index in [1.54, 1.807) is 0 Å². The van der Waals surface area contributed by atoms with Gasteiger partial charge in [-0.2, -0.15) is 0 Å². The first-order valence-corrected chi connectivity index (χ1v) is 6.99. The number of pyridine rings is 1. The van der Waals surface area contributed by atoms with Crippen LogP contribution in [0.2, 0.25) is 0 Å². The van der Waals surface area contributed by atoms with Crippen LogP contribution in [-0.4, -0.2) is 24.9 Å². The fraction of sp³-hybridized carbons (Fsp3) is 0.167. The Morgan fingerprint density at radius 2 is 2.00 bits per heavy atom. The van der Waals surface area contributed by atoms with Crippen LogP contribution in [-0.2, 0) is 9.05 Å². The molecule has 0 spiro atoms. The van der Waals surface area contributed by atoms with Crippen LogP contribution < -0.4 is 4.74 Å². The minimum absolute atomic E-state index is 0.352. The molecule has 0 aliphatic heterocycles. The molecule has 0 saturated heterocycles. The number of alkyl halides is 3. The summed E-state index contributed by atoms with van der Waals surface area (Å²) in [5.74, 6) is -2.23. The molecule has 11 heteroatoms. The van der Waals surface area contributed by atoms with Gasteiger partial charge in [0.25, 0.3) is 14.9 Å². The third-order valence-electron chi connectivity index (χ3n) is 1.37. The molecule has 0 unspecified atom stereocenters. The highest BCUT2D eigenvalue weighted by Crippen LogP contribution is 2.34. The molecule has 1 N–H and O–H groups in total. The van der Waals surface area contributed by atoms with Gasteiger partial charge in [-0.25, -0.2) is 13.4 Å². The normalized spacial score (nSPS) is 12.5. The van der Waals surface area contributed by atoms with Gasteiger partial charge in [-0.1, -0.05) is 0 Å². The van der Waals surface area contributed by atoms with E-state index >= 15 is 0 Å². The van der Waals surface area contributed by atoms with Crippen molar-refractivity contribution in [2.75, 3.05) is 0 Å². The Hall–Kier alpha value is -0.490. The zero-order valence-electron chi connectivity index (χ0n) is 7.49. The van der Waals surface area contributed by atoms with Crippen molar-refractivity contribution in [3.63, 3.8) is 0 Å². The lowest BCUT2D eigenvalue weighted by atomic mass is 10.4. The standard InChI is InChI=1S/C6H2ClF3INO4S/c7-17(14,15)3-1-2(13)5(12-4(3)11)16-6(8,9)10/h1,13H. The zero-order chi connectivity index (χ0) is 13.4. The van der Waals surface area contributed by atoms with Crippen molar-refractivity contribution >= 4 is 42.3 Å². The summed E-state index contributed by atoms with van der Waals surface area (Å²) in [5.41, 5.74) is 0. The molecule has 0 bridgehead atoms. The predicted molar refractivity (Wildman–Crippen MR) is 58.3 cm³/mol. The third kappa shape index (κ3) is 4.03. The Kier molecular flexibility index (Phi) is 3.98. The van der Waals surface area contributed by atoms with Crippen LogP contribution in [0.25, 0.3) is 0 Å². The van der Waals surface area contributed by atoms with Crippen LogP contribution in [0.4, 0.5) is 13.2 Å². The number of halogens is 5. The van der Waals surface area contributed by atoms with E-state index in [-0.39, 0.29) is 3.70 Å². The maximum Gasteiger partial charge on any atom is 0.574 e. The number of nitrogens with zero attached hydrogens (tertiary/aromatic N) is 1. The summed E-state index contributed by atoms with van der Waals surface area (Å²) in [6.45, 7) is 0. The topological polar surface area (TPSA) is 76.5 Å². The highest BCUT2D eigenvalue weighted by Gasteiger charge is 2.34. The molecule has 17 heavy (non-hydrogen) atoms. The van der Waals surface area contributed by atoms with Gasteiger partial charge in [0.2, 0.25) is 0 Å². The van der Waals surface area contributed by atoms with E-state index in [0.717, 1.165) is 0 Å². The molecular weight excluding hydrogens is 401 g/mol. The number of hydrogen-bond donors (Lipinski definition) is 1. The van der Waals surface area contributed by atoms with Gasteiger partial charge in [-0.3, -0.25) is 0 Å². The minimum atomic E-state index is -5.05. The van der Waals surface area contributed by atoms with E-state index in [4.69, 9.17) is 15.8 Å². The lowest BCUT2D eigenvalue weighted by Gasteiger charge is -2.10.